The summed E-state index contributed by atoms with van der Waals surface area (Å²) in [6.07, 6.45) is 5.17. The van der Waals surface area contributed by atoms with E-state index in [0.29, 0.717) is 6.04 Å². The van der Waals surface area contributed by atoms with Crippen LogP contribution in [0.25, 0.3) is 0 Å². The van der Waals surface area contributed by atoms with Crippen LogP contribution >= 0.6 is 0 Å². The van der Waals surface area contributed by atoms with Crippen molar-refractivity contribution in [1.82, 2.24) is 14.9 Å². The molecule has 1 unspecified atom stereocenters. The summed E-state index contributed by atoms with van der Waals surface area (Å²) in [7, 11) is 0. The summed E-state index contributed by atoms with van der Waals surface area (Å²) in [5.74, 6) is -0.0120. The van der Waals surface area contributed by atoms with Gasteiger partial charge in [0.15, 0.2) is 0 Å². The third kappa shape index (κ3) is 2.99. The van der Waals surface area contributed by atoms with E-state index in [1.807, 2.05) is 43.5 Å². The Morgan fingerprint density at radius 3 is 2.86 bits per heavy atom. The Labute approximate surface area is 125 Å². The number of nitrogens with zero attached hydrogens (tertiary/aromatic N) is 2. The molecule has 2 heterocycles. The van der Waals surface area contributed by atoms with Gasteiger partial charge in [0.05, 0.1) is 11.7 Å². The Hall–Kier alpha value is -2.10. The van der Waals surface area contributed by atoms with Gasteiger partial charge in [-0.15, -0.1) is 0 Å². The van der Waals surface area contributed by atoms with Crippen LogP contribution < -0.4 is 5.32 Å². The van der Waals surface area contributed by atoms with Crippen LogP contribution in [-0.4, -0.2) is 15.5 Å². The van der Waals surface area contributed by atoms with E-state index in [-0.39, 0.29) is 11.9 Å². The lowest BCUT2D eigenvalue weighted by atomic mass is 10.1. The lowest BCUT2D eigenvalue weighted by Gasteiger charge is -2.17. The fourth-order valence-corrected chi connectivity index (χ4v) is 2.63. The molecular formula is C17H21N3O. The predicted molar refractivity (Wildman–Crippen MR) is 82.2 cm³/mol. The number of rotatable bonds is 5. The smallest absolute Gasteiger partial charge is 0.268 e. The molecule has 110 valence electrons. The number of aromatic nitrogens is 2. The summed E-state index contributed by atoms with van der Waals surface area (Å²) >= 11 is 0. The standard InChI is InChI=1S/C17H21N3O/c1-3-14(15-7-4-6-12(2)18-15)19-17(21)16-8-5-11-20(16)13-9-10-13/h4-8,11,13-14H,3,9-10H2,1-2H3,(H,19,21). The summed E-state index contributed by atoms with van der Waals surface area (Å²) in [5, 5.41) is 3.11. The molecule has 0 aromatic carbocycles. The van der Waals surface area contributed by atoms with Gasteiger partial charge in [0.1, 0.15) is 5.69 Å². The van der Waals surface area contributed by atoms with Crippen molar-refractivity contribution in [2.75, 3.05) is 0 Å². The van der Waals surface area contributed by atoms with Gasteiger partial charge in [-0.2, -0.15) is 0 Å². The van der Waals surface area contributed by atoms with Gasteiger partial charge in [-0.3, -0.25) is 9.78 Å². The van der Waals surface area contributed by atoms with Gasteiger partial charge in [0.25, 0.3) is 5.91 Å². The van der Waals surface area contributed by atoms with Crippen molar-refractivity contribution in [3.05, 3.63) is 53.6 Å². The van der Waals surface area contributed by atoms with Crippen LogP contribution in [-0.2, 0) is 0 Å². The Balaban J connectivity index is 1.77. The Kier molecular flexibility index (Phi) is 3.78. The van der Waals surface area contributed by atoms with Crippen LogP contribution in [0, 0.1) is 6.92 Å². The van der Waals surface area contributed by atoms with Crippen molar-refractivity contribution in [2.24, 2.45) is 0 Å². The van der Waals surface area contributed by atoms with Crippen LogP contribution in [0.4, 0.5) is 0 Å². The molecule has 21 heavy (non-hydrogen) atoms. The maximum Gasteiger partial charge on any atom is 0.268 e. The molecule has 0 bridgehead atoms. The Bertz CT molecular complexity index is 643. The van der Waals surface area contributed by atoms with Crippen LogP contribution in [0.3, 0.4) is 0 Å². The van der Waals surface area contributed by atoms with E-state index in [9.17, 15) is 4.79 Å². The van der Waals surface area contributed by atoms with Gasteiger partial charge in [0, 0.05) is 17.9 Å². The molecule has 3 rings (SSSR count). The molecule has 0 aliphatic heterocycles. The number of pyridine rings is 1. The molecule has 1 N–H and O–H groups in total. The summed E-state index contributed by atoms with van der Waals surface area (Å²) in [6, 6.07) is 10.2. The number of aryl methyl sites for hydroxylation is 1. The highest BCUT2D eigenvalue weighted by molar-refractivity contribution is 5.93. The molecule has 1 aliphatic carbocycles. The minimum atomic E-state index is -0.0417. The molecule has 1 fully saturated rings. The highest BCUT2D eigenvalue weighted by Gasteiger charge is 2.27. The van der Waals surface area contributed by atoms with Crippen molar-refractivity contribution in [1.29, 1.82) is 0 Å². The fraction of sp³-hybridized carbons (Fsp3) is 0.412. The molecule has 1 amide bonds. The molecular weight excluding hydrogens is 262 g/mol. The van der Waals surface area contributed by atoms with E-state index >= 15 is 0 Å². The maximum atomic E-state index is 12.5. The average Bonchev–Trinajstić information content (AvgIpc) is 3.21. The van der Waals surface area contributed by atoms with E-state index in [1.54, 1.807) is 0 Å². The zero-order valence-corrected chi connectivity index (χ0v) is 12.5. The van der Waals surface area contributed by atoms with Gasteiger partial charge in [-0.25, -0.2) is 0 Å². The number of carbonyl (C=O) groups is 1. The first-order chi connectivity index (χ1) is 10.2. The van der Waals surface area contributed by atoms with Crippen LogP contribution in [0.5, 0.6) is 0 Å². The van der Waals surface area contributed by atoms with Crippen molar-refractivity contribution in [2.45, 2.75) is 45.2 Å². The number of amides is 1. The van der Waals surface area contributed by atoms with Crippen LogP contribution in [0.15, 0.2) is 36.5 Å². The number of nitrogens with one attached hydrogen (secondary N) is 1. The van der Waals surface area contributed by atoms with Crippen molar-refractivity contribution >= 4 is 5.91 Å². The fourth-order valence-electron chi connectivity index (χ4n) is 2.63. The molecule has 0 spiro atoms. The number of hydrogen-bond acceptors (Lipinski definition) is 2. The molecule has 0 saturated heterocycles. The summed E-state index contributed by atoms with van der Waals surface area (Å²) in [6.45, 7) is 4.03. The first kappa shape index (κ1) is 13.9. The van der Waals surface area contributed by atoms with E-state index < -0.39 is 0 Å². The predicted octanol–water partition coefficient (Wildman–Crippen LogP) is 3.41. The van der Waals surface area contributed by atoms with Crippen LogP contribution in [0.1, 0.15) is 60.1 Å². The molecule has 0 radical (unpaired) electrons. The second kappa shape index (κ2) is 5.72. The first-order valence-corrected chi connectivity index (χ1v) is 7.60. The van der Waals surface area contributed by atoms with Gasteiger partial charge < -0.3 is 9.88 Å². The minimum Gasteiger partial charge on any atom is -0.342 e. The third-order valence-electron chi connectivity index (χ3n) is 3.93. The quantitative estimate of drug-likeness (QED) is 0.914. The Morgan fingerprint density at radius 1 is 1.38 bits per heavy atom. The second-order valence-corrected chi connectivity index (χ2v) is 5.67. The van der Waals surface area contributed by atoms with Crippen molar-refractivity contribution in [3.63, 3.8) is 0 Å². The molecule has 2 aromatic rings. The monoisotopic (exact) mass is 283 g/mol. The number of carbonyl (C=O) groups excluding carboxylic acids is 1. The lowest BCUT2D eigenvalue weighted by Crippen LogP contribution is -2.30. The largest absolute Gasteiger partial charge is 0.342 e. The molecule has 1 aliphatic rings. The SMILES string of the molecule is CCC(NC(=O)c1cccn1C1CC1)c1cccc(C)n1. The van der Waals surface area contributed by atoms with Gasteiger partial charge in [-0.1, -0.05) is 13.0 Å². The summed E-state index contributed by atoms with van der Waals surface area (Å²) < 4.78 is 2.09. The molecule has 1 atom stereocenters. The van der Waals surface area contributed by atoms with E-state index in [2.05, 4.69) is 21.8 Å². The first-order valence-electron chi connectivity index (χ1n) is 7.60. The van der Waals surface area contributed by atoms with Crippen molar-refractivity contribution in [3.8, 4) is 0 Å². The minimum absolute atomic E-state index is 0.0120. The van der Waals surface area contributed by atoms with E-state index in [1.165, 1.54) is 12.8 Å². The van der Waals surface area contributed by atoms with Gasteiger partial charge in [0.2, 0.25) is 0 Å². The topological polar surface area (TPSA) is 46.9 Å². The normalized spacial score (nSPS) is 15.7. The van der Waals surface area contributed by atoms with Crippen molar-refractivity contribution < 1.29 is 4.79 Å². The van der Waals surface area contributed by atoms with E-state index in [4.69, 9.17) is 0 Å². The molecule has 4 heteroatoms. The third-order valence-corrected chi connectivity index (χ3v) is 3.93. The Morgan fingerprint density at radius 2 is 2.19 bits per heavy atom. The maximum absolute atomic E-state index is 12.5. The summed E-state index contributed by atoms with van der Waals surface area (Å²) in [4.78, 5) is 17.1. The number of hydrogen-bond donors (Lipinski definition) is 1. The summed E-state index contributed by atoms with van der Waals surface area (Å²) in [5.41, 5.74) is 2.65. The zero-order chi connectivity index (χ0) is 14.8. The molecule has 4 nitrogen and oxygen atoms in total. The second-order valence-electron chi connectivity index (χ2n) is 5.67. The molecule has 1 saturated carbocycles. The van der Waals surface area contributed by atoms with Crippen LogP contribution in [0.2, 0.25) is 0 Å². The lowest BCUT2D eigenvalue weighted by molar-refractivity contribution is 0.0925. The molecule has 2 aromatic heterocycles. The zero-order valence-electron chi connectivity index (χ0n) is 12.5. The van der Waals surface area contributed by atoms with Gasteiger partial charge in [-0.05, 0) is 50.5 Å². The highest BCUT2D eigenvalue weighted by atomic mass is 16.2. The average molecular weight is 283 g/mol. The highest BCUT2D eigenvalue weighted by Crippen LogP contribution is 2.36. The van der Waals surface area contributed by atoms with Gasteiger partial charge >= 0.3 is 0 Å². The van der Waals surface area contributed by atoms with E-state index in [0.717, 1.165) is 23.5 Å².